The zero-order chi connectivity index (χ0) is 13.8. The predicted octanol–water partition coefficient (Wildman–Crippen LogP) is 3.35. The fraction of sp³-hybridized carbons (Fsp3) is 0.625. The molecule has 1 N–H and O–H groups in total. The largest absolute Gasteiger partial charge is 0.370 e. The molecule has 106 valence electrons. The van der Waals surface area contributed by atoms with Crippen LogP contribution < -0.4 is 10.2 Å². The Balaban J connectivity index is 2.10. The van der Waals surface area contributed by atoms with E-state index in [9.17, 15) is 4.39 Å². The summed E-state index contributed by atoms with van der Waals surface area (Å²) in [5.41, 5.74) is 1.88. The molecule has 0 aliphatic carbocycles. The van der Waals surface area contributed by atoms with E-state index in [-0.39, 0.29) is 5.82 Å². The van der Waals surface area contributed by atoms with Gasteiger partial charge in [-0.3, -0.25) is 0 Å². The van der Waals surface area contributed by atoms with Crippen molar-refractivity contribution in [1.29, 1.82) is 0 Å². The van der Waals surface area contributed by atoms with Crippen LogP contribution in [-0.2, 0) is 0 Å². The molecule has 1 unspecified atom stereocenters. The average molecular weight is 264 g/mol. The van der Waals surface area contributed by atoms with Crippen LogP contribution in [0, 0.1) is 18.7 Å². The Morgan fingerprint density at radius 2 is 2.21 bits per heavy atom. The van der Waals surface area contributed by atoms with Crippen LogP contribution in [0.5, 0.6) is 0 Å². The third kappa shape index (κ3) is 3.93. The number of anilines is 1. The number of aryl methyl sites for hydroxylation is 1. The van der Waals surface area contributed by atoms with Gasteiger partial charge < -0.3 is 10.2 Å². The Labute approximate surface area is 116 Å². The summed E-state index contributed by atoms with van der Waals surface area (Å²) in [5, 5.41) is 3.62. The number of nitrogens with zero attached hydrogens (tertiary/aromatic N) is 1. The van der Waals surface area contributed by atoms with E-state index < -0.39 is 0 Å². The number of nitrogens with one attached hydrogen (secondary N) is 1. The summed E-state index contributed by atoms with van der Waals surface area (Å²) in [7, 11) is 0. The molecule has 1 aliphatic heterocycles. The Morgan fingerprint density at radius 3 is 2.89 bits per heavy atom. The first-order chi connectivity index (χ1) is 9.06. The highest BCUT2D eigenvalue weighted by Gasteiger charge is 2.19. The second-order valence-corrected chi connectivity index (χ2v) is 6.01. The number of hydrogen-bond acceptors (Lipinski definition) is 2. The molecule has 2 nitrogen and oxygen atoms in total. The van der Waals surface area contributed by atoms with Crippen molar-refractivity contribution in [2.45, 2.75) is 39.7 Å². The molecule has 1 heterocycles. The summed E-state index contributed by atoms with van der Waals surface area (Å²) in [4.78, 5) is 2.39. The fourth-order valence-electron chi connectivity index (χ4n) is 2.78. The summed E-state index contributed by atoms with van der Waals surface area (Å²) in [5.74, 6) is 0.586. The van der Waals surface area contributed by atoms with Crippen LogP contribution in [0.15, 0.2) is 18.2 Å². The maximum Gasteiger partial charge on any atom is 0.126 e. The molecule has 1 aromatic carbocycles. The Hall–Kier alpha value is -1.09. The molecule has 0 radical (unpaired) electrons. The van der Waals surface area contributed by atoms with Crippen LogP contribution in [0.2, 0.25) is 0 Å². The second kappa shape index (κ2) is 6.38. The highest BCUT2D eigenvalue weighted by atomic mass is 19.1. The number of hydrogen-bond donors (Lipinski definition) is 1. The molecular weight excluding hydrogens is 239 g/mol. The van der Waals surface area contributed by atoms with Crippen LogP contribution in [0.25, 0.3) is 0 Å². The second-order valence-electron chi connectivity index (χ2n) is 6.01. The van der Waals surface area contributed by atoms with Gasteiger partial charge in [-0.25, -0.2) is 4.39 Å². The first-order valence-corrected chi connectivity index (χ1v) is 7.30. The van der Waals surface area contributed by atoms with E-state index in [0.717, 1.165) is 37.3 Å². The third-order valence-corrected chi connectivity index (χ3v) is 3.74. The normalized spacial score (nSPS) is 20.7. The molecule has 1 saturated heterocycles. The number of rotatable bonds is 3. The molecule has 19 heavy (non-hydrogen) atoms. The lowest BCUT2D eigenvalue weighted by molar-refractivity contribution is 0.436. The van der Waals surface area contributed by atoms with Crippen molar-refractivity contribution in [2.24, 2.45) is 5.92 Å². The minimum Gasteiger partial charge on any atom is -0.370 e. The van der Waals surface area contributed by atoms with Gasteiger partial charge in [0.05, 0.1) is 0 Å². The first kappa shape index (κ1) is 14.3. The quantitative estimate of drug-likeness (QED) is 0.900. The van der Waals surface area contributed by atoms with E-state index >= 15 is 0 Å². The molecule has 1 atom stereocenters. The minimum atomic E-state index is -0.115. The average Bonchev–Trinajstić information content (AvgIpc) is 2.57. The van der Waals surface area contributed by atoms with Gasteiger partial charge in [0.15, 0.2) is 0 Å². The van der Waals surface area contributed by atoms with Gasteiger partial charge >= 0.3 is 0 Å². The predicted molar refractivity (Wildman–Crippen MR) is 79.2 cm³/mol. The van der Waals surface area contributed by atoms with Gasteiger partial charge in [-0.05, 0) is 56.0 Å². The van der Waals surface area contributed by atoms with E-state index in [1.165, 1.54) is 6.42 Å². The van der Waals surface area contributed by atoms with Gasteiger partial charge in [0.25, 0.3) is 0 Å². The van der Waals surface area contributed by atoms with Gasteiger partial charge in [0.1, 0.15) is 5.82 Å². The van der Waals surface area contributed by atoms with E-state index in [1.807, 2.05) is 19.1 Å². The van der Waals surface area contributed by atoms with Crippen molar-refractivity contribution in [3.63, 3.8) is 0 Å². The molecular formula is C16H25FN2. The minimum absolute atomic E-state index is 0.115. The van der Waals surface area contributed by atoms with Crippen LogP contribution in [-0.4, -0.2) is 25.7 Å². The molecule has 0 bridgehead atoms. The van der Waals surface area contributed by atoms with Crippen LogP contribution >= 0.6 is 0 Å². The summed E-state index contributed by atoms with van der Waals surface area (Å²) in [6.45, 7) is 9.50. The maximum atomic E-state index is 13.4. The highest BCUT2D eigenvalue weighted by Crippen LogP contribution is 2.21. The van der Waals surface area contributed by atoms with Crippen LogP contribution in [0.1, 0.15) is 32.3 Å². The van der Waals surface area contributed by atoms with E-state index in [4.69, 9.17) is 0 Å². The zero-order valence-electron chi connectivity index (χ0n) is 12.2. The molecule has 1 aliphatic rings. The van der Waals surface area contributed by atoms with E-state index in [1.54, 1.807) is 6.07 Å². The van der Waals surface area contributed by atoms with Gasteiger partial charge in [0, 0.05) is 24.8 Å². The lowest BCUT2D eigenvalue weighted by Crippen LogP contribution is -2.38. The molecule has 0 saturated carbocycles. The highest BCUT2D eigenvalue weighted by molar-refractivity contribution is 5.49. The van der Waals surface area contributed by atoms with Crippen molar-refractivity contribution in [3.05, 3.63) is 29.6 Å². The summed E-state index contributed by atoms with van der Waals surface area (Å²) < 4.78 is 13.4. The fourth-order valence-corrected chi connectivity index (χ4v) is 2.78. The van der Waals surface area contributed by atoms with Crippen molar-refractivity contribution in [1.82, 2.24) is 5.32 Å². The molecule has 2 rings (SSSR count). The monoisotopic (exact) mass is 264 g/mol. The molecule has 0 aromatic heterocycles. The smallest absolute Gasteiger partial charge is 0.126 e. The van der Waals surface area contributed by atoms with E-state index in [0.29, 0.717) is 12.0 Å². The van der Waals surface area contributed by atoms with Crippen LogP contribution in [0.4, 0.5) is 10.1 Å². The summed E-state index contributed by atoms with van der Waals surface area (Å²) in [6, 6.07) is 5.99. The standard InChI is InChI=1S/C16H25FN2/c1-12(2)9-14-11-19(8-4-7-18-14)15-5-6-16(17)13(3)10-15/h5-6,10,12,14,18H,4,7-9,11H2,1-3H3. The van der Waals surface area contributed by atoms with Crippen molar-refractivity contribution >= 4 is 5.69 Å². The lowest BCUT2D eigenvalue weighted by atomic mass is 10.0. The number of benzene rings is 1. The Bertz CT molecular complexity index is 417. The summed E-state index contributed by atoms with van der Waals surface area (Å²) >= 11 is 0. The van der Waals surface area contributed by atoms with Crippen LogP contribution in [0.3, 0.4) is 0 Å². The molecule has 0 spiro atoms. The molecule has 0 amide bonds. The topological polar surface area (TPSA) is 15.3 Å². The van der Waals surface area contributed by atoms with Crippen molar-refractivity contribution in [3.8, 4) is 0 Å². The summed E-state index contributed by atoms with van der Waals surface area (Å²) in [6.07, 6.45) is 2.34. The first-order valence-electron chi connectivity index (χ1n) is 7.30. The zero-order valence-corrected chi connectivity index (χ0v) is 12.2. The number of halogens is 1. The van der Waals surface area contributed by atoms with Gasteiger partial charge in [0.2, 0.25) is 0 Å². The van der Waals surface area contributed by atoms with E-state index in [2.05, 4.69) is 24.1 Å². The van der Waals surface area contributed by atoms with Gasteiger partial charge in [-0.2, -0.15) is 0 Å². The third-order valence-electron chi connectivity index (χ3n) is 3.74. The van der Waals surface area contributed by atoms with Crippen molar-refractivity contribution < 1.29 is 4.39 Å². The molecule has 1 fully saturated rings. The van der Waals surface area contributed by atoms with Gasteiger partial charge in [-0.15, -0.1) is 0 Å². The van der Waals surface area contributed by atoms with Crippen molar-refractivity contribution in [2.75, 3.05) is 24.5 Å². The van der Waals surface area contributed by atoms with Gasteiger partial charge in [-0.1, -0.05) is 13.8 Å². The maximum absolute atomic E-state index is 13.4. The SMILES string of the molecule is Cc1cc(N2CCCNC(CC(C)C)C2)ccc1F. The molecule has 3 heteroatoms. The Kier molecular flexibility index (Phi) is 4.81. The Morgan fingerprint density at radius 1 is 1.42 bits per heavy atom. The molecule has 1 aromatic rings. The lowest BCUT2D eigenvalue weighted by Gasteiger charge is -2.27.